The minimum atomic E-state index is -0.844. The zero-order valence-corrected chi connectivity index (χ0v) is 15.5. The van der Waals surface area contributed by atoms with Crippen LogP contribution < -0.4 is 10.1 Å². The number of amides is 1. The van der Waals surface area contributed by atoms with Crippen molar-refractivity contribution in [3.63, 3.8) is 0 Å². The number of aromatic nitrogens is 2. The van der Waals surface area contributed by atoms with Crippen molar-refractivity contribution in [2.24, 2.45) is 0 Å². The van der Waals surface area contributed by atoms with Crippen LogP contribution in [0.5, 0.6) is 5.88 Å². The predicted octanol–water partition coefficient (Wildman–Crippen LogP) is 2.07. The minimum absolute atomic E-state index is 0.273. The summed E-state index contributed by atoms with van der Waals surface area (Å²) in [6.45, 7) is 0. The highest BCUT2D eigenvalue weighted by Crippen LogP contribution is 2.17. The summed E-state index contributed by atoms with van der Waals surface area (Å²) in [5.41, 5.74) is 3.14. The summed E-state index contributed by atoms with van der Waals surface area (Å²) < 4.78 is 9.92. The molecule has 142 valence electrons. The van der Waals surface area contributed by atoms with Crippen molar-refractivity contribution in [2.45, 2.75) is 12.5 Å². The van der Waals surface area contributed by atoms with Crippen molar-refractivity contribution >= 4 is 22.9 Å². The molecular formula is C21H19N3O4. The van der Waals surface area contributed by atoms with Crippen LogP contribution in [0.4, 0.5) is 0 Å². The Balaban J connectivity index is 1.79. The number of ether oxygens (including phenoxy) is 2. The highest BCUT2D eigenvalue weighted by molar-refractivity contribution is 5.99. The number of methoxy groups -OCH3 is 2. The Labute approximate surface area is 162 Å². The zero-order chi connectivity index (χ0) is 20.1. The third-order valence-electron chi connectivity index (χ3n) is 4.25. The molecule has 3 aromatic rings. The van der Waals surface area contributed by atoms with Gasteiger partial charge < -0.3 is 19.8 Å². The van der Waals surface area contributed by atoms with E-state index in [4.69, 9.17) is 15.9 Å². The molecule has 0 saturated carbocycles. The standard InChI is InChI=1S/C21H19N3O4/c1-4-13-5-7-14(8-6-13)11-18(21(26)28-3)24-20(25)17-12-16-15(22-17)9-10-19(23-16)27-2/h1,5-10,12,18,22H,11H2,2-3H3,(H,24,25)/t18-/m0/s1. The molecule has 0 bridgehead atoms. The van der Waals surface area contributed by atoms with E-state index in [2.05, 4.69) is 21.2 Å². The van der Waals surface area contributed by atoms with Crippen molar-refractivity contribution in [1.82, 2.24) is 15.3 Å². The van der Waals surface area contributed by atoms with Gasteiger partial charge in [-0.15, -0.1) is 6.42 Å². The van der Waals surface area contributed by atoms with Crippen molar-refractivity contribution in [3.8, 4) is 18.2 Å². The van der Waals surface area contributed by atoms with Gasteiger partial charge in [0, 0.05) is 18.1 Å². The van der Waals surface area contributed by atoms with Crippen LogP contribution in [-0.4, -0.2) is 42.1 Å². The number of pyridine rings is 1. The van der Waals surface area contributed by atoms with Gasteiger partial charge >= 0.3 is 5.97 Å². The number of carbonyl (C=O) groups is 2. The van der Waals surface area contributed by atoms with E-state index in [1.807, 2.05) is 12.1 Å². The highest BCUT2D eigenvalue weighted by Gasteiger charge is 2.23. The zero-order valence-electron chi connectivity index (χ0n) is 15.5. The lowest BCUT2D eigenvalue weighted by atomic mass is 10.0. The summed E-state index contributed by atoms with van der Waals surface area (Å²) in [7, 11) is 2.80. The van der Waals surface area contributed by atoms with Gasteiger partial charge in [-0.1, -0.05) is 18.1 Å². The molecule has 0 aliphatic rings. The number of benzene rings is 1. The Morgan fingerprint density at radius 3 is 2.61 bits per heavy atom. The summed E-state index contributed by atoms with van der Waals surface area (Å²) in [4.78, 5) is 32.1. The molecule has 0 saturated heterocycles. The molecule has 0 aliphatic carbocycles. The van der Waals surface area contributed by atoms with Gasteiger partial charge in [0.25, 0.3) is 5.91 Å². The molecule has 2 N–H and O–H groups in total. The smallest absolute Gasteiger partial charge is 0.328 e. The Morgan fingerprint density at radius 1 is 1.21 bits per heavy atom. The summed E-state index contributed by atoms with van der Waals surface area (Å²) in [5, 5.41) is 2.71. The number of terminal acetylenes is 1. The first-order valence-electron chi connectivity index (χ1n) is 8.52. The van der Waals surface area contributed by atoms with Gasteiger partial charge in [0.2, 0.25) is 5.88 Å². The van der Waals surface area contributed by atoms with Crippen LogP contribution in [-0.2, 0) is 16.0 Å². The number of esters is 1. The molecular weight excluding hydrogens is 358 g/mol. The minimum Gasteiger partial charge on any atom is -0.481 e. The van der Waals surface area contributed by atoms with E-state index >= 15 is 0 Å². The molecule has 0 spiro atoms. The van der Waals surface area contributed by atoms with E-state index in [-0.39, 0.29) is 12.1 Å². The molecule has 2 heterocycles. The van der Waals surface area contributed by atoms with Crippen molar-refractivity contribution in [1.29, 1.82) is 0 Å². The van der Waals surface area contributed by atoms with Crippen LogP contribution in [0.25, 0.3) is 11.0 Å². The first-order valence-corrected chi connectivity index (χ1v) is 8.52. The summed E-state index contributed by atoms with van der Waals surface area (Å²) in [6.07, 6.45) is 5.63. The number of H-pyrrole nitrogens is 1. The second kappa shape index (κ2) is 8.27. The van der Waals surface area contributed by atoms with Crippen molar-refractivity contribution in [3.05, 3.63) is 59.3 Å². The second-order valence-corrected chi connectivity index (χ2v) is 6.06. The van der Waals surface area contributed by atoms with Gasteiger partial charge in [-0.3, -0.25) is 4.79 Å². The maximum absolute atomic E-state index is 12.7. The first-order chi connectivity index (χ1) is 13.5. The molecule has 1 amide bonds. The van der Waals surface area contributed by atoms with Gasteiger partial charge in [-0.05, 0) is 29.8 Å². The number of nitrogens with one attached hydrogen (secondary N) is 2. The normalized spacial score (nSPS) is 11.5. The Bertz CT molecular complexity index is 1050. The summed E-state index contributed by atoms with van der Waals surface area (Å²) >= 11 is 0. The van der Waals surface area contributed by atoms with E-state index in [0.29, 0.717) is 16.9 Å². The maximum Gasteiger partial charge on any atom is 0.328 e. The Kier molecular flexibility index (Phi) is 5.61. The van der Waals surface area contributed by atoms with Crippen LogP contribution in [0.15, 0.2) is 42.5 Å². The average molecular weight is 377 g/mol. The number of rotatable bonds is 6. The molecule has 28 heavy (non-hydrogen) atoms. The lowest BCUT2D eigenvalue weighted by Gasteiger charge is -2.16. The molecule has 0 aliphatic heterocycles. The second-order valence-electron chi connectivity index (χ2n) is 6.06. The number of nitrogens with zero attached hydrogens (tertiary/aromatic N) is 1. The van der Waals surface area contributed by atoms with E-state index < -0.39 is 17.9 Å². The Hall–Kier alpha value is -3.79. The molecule has 1 aromatic carbocycles. The van der Waals surface area contributed by atoms with Gasteiger partial charge in [0.05, 0.1) is 25.3 Å². The largest absolute Gasteiger partial charge is 0.481 e. The van der Waals surface area contributed by atoms with E-state index in [9.17, 15) is 9.59 Å². The maximum atomic E-state index is 12.7. The molecule has 7 heteroatoms. The first kappa shape index (κ1) is 19.0. The van der Waals surface area contributed by atoms with Crippen LogP contribution in [0.3, 0.4) is 0 Å². The molecule has 1 atom stereocenters. The summed E-state index contributed by atoms with van der Waals surface area (Å²) in [5.74, 6) is 2.01. The monoisotopic (exact) mass is 377 g/mol. The average Bonchev–Trinajstić information content (AvgIpc) is 3.16. The van der Waals surface area contributed by atoms with Gasteiger partial charge in [0.15, 0.2) is 0 Å². The quantitative estimate of drug-likeness (QED) is 0.507. The highest BCUT2D eigenvalue weighted by atomic mass is 16.5. The van der Waals surface area contributed by atoms with Crippen LogP contribution in [0.2, 0.25) is 0 Å². The predicted molar refractivity (Wildman–Crippen MR) is 104 cm³/mol. The SMILES string of the molecule is C#Cc1ccc(C[C@H](NC(=O)c2cc3nc(OC)ccc3[nH]2)C(=O)OC)cc1. The number of carbonyl (C=O) groups excluding carboxylic acids is 2. The van der Waals surface area contributed by atoms with E-state index in [0.717, 1.165) is 11.1 Å². The lowest BCUT2D eigenvalue weighted by molar-refractivity contribution is -0.142. The fourth-order valence-electron chi connectivity index (χ4n) is 2.77. The Morgan fingerprint density at radius 2 is 1.96 bits per heavy atom. The molecule has 2 aromatic heterocycles. The van der Waals surface area contributed by atoms with Crippen LogP contribution in [0.1, 0.15) is 21.6 Å². The number of fused-ring (bicyclic) bond motifs is 1. The van der Waals surface area contributed by atoms with Crippen LogP contribution in [0, 0.1) is 12.3 Å². The van der Waals surface area contributed by atoms with E-state index in [1.165, 1.54) is 14.2 Å². The van der Waals surface area contributed by atoms with Gasteiger partial charge in [0.1, 0.15) is 11.7 Å². The van der Waals surface area contributed by atoms with Gasteiger partial charge in [-0.2, -0.15) is 0 Å². The molecule has 3 rings (SSSR count). The van der Waals surface area contributed by atoms with E-state index in [1.54, 1.807) is 30.3 Å². The molecule has 7 nitrogen and oxygen atoms in total. The summed E-state index contributed by atoms with van der Waals surface area (Å²) in [6, 6.07) is 11.4. The fourth-order valence-corrected chi connectivity index (χ4v) is 2.77. The van der Waals surface area contributed by atoms with Crippen molar-refractivity contribution in [2.75, 3.05) is 14.2 Å². The topological polar surface area (TPSA) is 93.3 Å². The molecule has 0 fully saturated rings. The van der Waals surface area contributed by atoms with Crippen LogP contribution >= 0.6 is 0 Å². The molecule has 0 radical (unpaired) electrons. The third kappa shape index (κ3) is 4.13. The fraction of sp³-hybridized carbons (Fsp3) is 0.190. The lowest BCUT2D eigenvalue weighted by Crippen LogP contribution is -2.43. The van der Waals surface area contributed by atoms with Gasteiger partial charge in [-0.25, -0.2) is 9.78 Å². The molecule has 0 unspecified atom stereocenters. The number of hydrogen-bond donors (Lipinski definition) is 2. The number of hydrogen-bond acceptors (Lipinski definition) is 5. The number of aromatic amines is 1. The van der Waals surface area contributed by atoms with Crippen molar-refractivity contribution < 1.29 is 19.1 Å². The third-order valence-corrected chi connectivity index (χ3v) is 4.25.